The standard InChI is InChI=1S/C10H18O4/c1-9(2,14-8-12)5-6-13-10(3,4)7-11/h7-8H,5-6H2,1-4H3. The van der Waals surface area contributed by atoms with Gasteiger partial charge in [0, 0.05) is 6.42 Å². The summed E-state index contributed by atoms with van der Waals surface area (Å²) in [6, 6.07) is 0. The summed E-state index contributed by atoms with van der Waals surface area (Å²) in [7, 11) is 0. The average Bonchev–Trinajstić information content (AvgIpc) is 2.03. The van der Waals surface area contributed by atoms with Crippen LogP contribution in [0.15, 0.2) is 0 Å². The van der Waals surface area contributed by atoms with Gasteiger partial charge in [0.2, 0.25) is 0 Å². The molecule has 0 N–H and O–H groups in total. The second kappa shape index (κ2) is 5.10. The summed E-state index contributed by atoms with van der Waals surface area (Å²) in [5.41, 5.74) is -1.31. The lowest BCUT2D eigenvalue weighted by molar-refractivity contribution is -0.144. The van der Waals surface area contributed by atoms with Crippen LogP contribution in [0.4, 0.5) is 0 Å². The van der Waals surface area contributed by atoms with Crippen molar-refractivity contribution >= 4 is 12.8 Å². The molecule has 0 amide bonds. The summed E-state index contributed by atoms with van der Waals surface area (Å²) in [6.45, 7) is 7.76. The molecule has 0 rings (SSSR count). The maximum Gasteiger partial charge on any atom is 0.293 e. The normalized spacial score (nSPS) is 12.3. The van der Waals surface area contributed by atoms with Crippen molar-refractivity contribution in [2.24, 2.45) is 0 Å². The summed E-state index contributed by atoms with van der Waals surface area (Å²) in [5.74, 6) is 0. The molecular weight excluding hydrogens is 184 g/mol. The highest BCUT2D eigenvalue weighted by Crippen LogP contribution is 2.15. The van der Waals surface area contributed by atoms with Crippen LogP contribution < -0.4 is 0 Å². The van der Waals surface area contributed by atoms with Crippen molar-refractivity contribution in [3.05, 3.63) is 0 Å². The highest BCUT2D eigenvalue weighted by atomic mass is 16.5. The van der Waals surface area contributed by atoms with E-state index in [-0.39, 0.29) is 0 Å². The lowest BCUT2D eigenvalue weighted by atomic mass is 10.1. The Morgan fingerprint density at radius 1 is 1.14 bits per heavy atom. The molecule has 4 nitrogen and oxygen atoms in total. The summed E-state index contributed by atoms with van der Waals surface area (Å²) in [5, 5.41) is 0. The third-order valence-electron chi connectivity index (χ3n) is 1.83. The van der Waals surface area contributed by atoms with Crippen LogP contribution in [-0.2, 0) is 19.1 Å². The highest BCUT2D eigenvalue weighted by Gasteiger charge is 2.22. The van der Waals surface area contributed by atoms with Crippen LogP contribution in [0.5, 0.6) is 0 Å². The fraction of sp³-hybridized carbons (Fsp3) is 0.800. The quantitative estimate of drug-likeness (QED) is 0.584. The zero-order chi connectivity index (χ0) is 11.2. The van der Waals surface area contributed by atoms with E-state index in [1.807, 2.05) is 0 Å². The van der Waals surface area contributed by atoms with Crippen molar-refractivity contribution in [2.75, 3.05) is 6.61 Å². The minimum atomic E-state index is -0.767. The zero-order valence-electron chi connectivity index (χ0n) is 9.20. The van der Waals surface area contributed by atoms with E-state index in [1.54, 1.807) is 27.7 Å². The van der Waals surface area contributed by atoms with E-state index in [1.165, 1.54) is 0 Å². The molecule has 0 saturated carbocycles. The molecule has 0 aliphatic heterocycles. The Morgan fingerprint density at radius 2 is 1.71 bits per heavy atom. The summed E-state index contributed by atoms with van der Waals surface area (Å²) in [4.78, 5) is 20.6. The lowest BCUT2D eigenvalue weighted by Gasteiger charge is -2.25. The topological polar surface area (TPSA) is 52.6 Å². The molecule has 0 unspecified atom stereocenters. The predicted molar refractivity (Wildman–Crippen MR) is 51.9 cm³/mol. The molecule has 4 heteroatoms. The van der Waals surface area contributed by atoms with Crippen LogP contribution >= 0.6 is 0 Å². The van der Waals surface area contributed by atoms with Crippen LogP contribution in [0.1, 0.15) is 34.1 Å². The van der Waals surface area contributed by atoms with Crippen molar-refractivity contribution in [1.82, 2.24) is 0 Å². The molecule has 0 spiro atoms. The molecular formula is C10H18O4. The van der Waals surface area contributed by atoms with E-state index in [0.29, 0.717) is 19.5 Å². The lowest BCUT2D eigenvalue weighted by Crippen LogP contribution is -2.31. The Morgan fingerprint density at radius 3 is 2.14 bits per heavy atom. The third kappa shape index (κ3) is 5.70. The van der Waals surface area contributed by atoms with Crippen molar-refractivity contribution in [1.29, 1.82) is 0 Å². The molecule has 0 aliphatic rings. The van der Waals surface area contributed by atoms with Crippen molar-refractivity contribution in [2.45, 2.75) is 45.3 Å². The van der Waals surface area contributed by atoms with Gasteiger partial charge in [0.1, 0.15) is 11.2 Å². The molecule has 0 atom stereocenters. The summed E-state index contributed by atoms with van der Waals surface area (Å²) >= 11 is 0. The van der Waals surface area contributed by atoms with Gasteiger partial charge in [0.25, 0.3) is 6.47 Å². The number of hydrogen-bond acceptors (Lipinski definition) is 4. The Kier molecular flexibility index (Phi) is 4.77. The first-order chi connectivity index (χ1) is 6.33. The molecule has 0 aromatic rings. The number of carbonyl (C=O) groups is 2. The molecule has 0 fully saturated rings. The Balaban J connectivity index is 3.83. The SMILES string of the molecule is CC(C)(C=O)OCCC(C)(C)OC=O. The van der Waals surface area contributed by atoms with Crippen molar-refractivity contribution < 1.29 is 19.1 Å². The third-order valence-corrected chi connectivity index (χ3v) is 1.83. The van der Waals surface area contributed by atoms with Gasteiger partial charge in [-0.15, -0.1) is 0 Å². The first-order valence-corrected chi connectivity index (χ1v) is 4.55. The molecule has 0 bridgehead atoms. The Labute approximate surface area is 84.6 Å². The summed E-state index contributed by atoms with van der Waals surface area (Å²) < 4.78 is 10.1. The highest BCUT2D eigenvalue weighted by molar-refractivity contribution is 5.60. The van der Waals surface area contributed by atoms with Gasteiger partial charge in [-0.25, -0.2) is 0 Å². The van der Waals surface area contributed by atoms with E-state index in [2.05, 4.69) is 0 Å². The van der Waals surface area contributed by atoms with E-state index in [0.717, 1.165) is 6.29 Å². The minimum Gasteiger partial charge on any atom is -0.462 e. The average molecular weight is 202 g/mol. The molecule has 0 heterocycles. The van der Waals surface area contributed by atoms with Gasteiger partial charge < -0.3 is 14.3 Å². The number of carbonyl (C=O) groups excluding carboxylic acids is 2. The molecule has 0 saturated heterocycles. The van der Waals surface area contributed by atoms with E-state index < -0.39 is 11.2 Å². The first-order valence-electron chi connectivity index (χ1n) is 4.55. The number of rotatable bonds is 7. The van der Waals surface area contributed by atoms with Crippen LogP contribution in [0.2, 0.25) is 0 Å². The number of ether oxygens (including phenoxy) is 2. The van der Waals surface area contributed by atoms with Crippen LogP contribution in [-0.4, -0.2) is 30.6 Å². The Bertz CT molecular complexity index is 196. The maximum atomic E-state index is 10.5. The van der Waals surface area contributed by atoms with E-state index in [4.69, 9.17) is 9.47 Å². The molecule has 0 radical (unpaired) electrons. The van der Waals surface area contributed by atoms with Gasteiger partial charge in [-0.3, -0.25) is 4.79 Å². The van der Waals surface area contributed by atoms with Gasteiger partial charge in [-0.05, 0) is 27.7 Å². The molecule has 82 valence electrons. The first kappa shape index (κ1) is 13.1. The number of hydrogen-bond donors (Lipinski definition) is 0. The van der Waals surface area contributed by atoms with E-state index >= 15 is 0 Å². The van der Waals surface area contributed by atoms with Crippen molar-refractivity contribution in [3.8, 4) is 0 Å². The van der Waals surface area contributed by atoms with Gasteiger partial charge in [0.15, 0.2) is 6.29 Å². The minimum absolute atomic E-state index is 0.382. The van der Waals surface area contributed by atoms with Crippen LogP contribution in [0.25, 0.3) is 0 Å². The predicted octanol–water partition coefficient (Wildman–Crippen LogP) is 1.32. The Hall–Kier alpha value is -0.900. The fourth-order valence-corrected chi connectivity index (χ4v) is 0.783. The second-order valence-corrected chi connectivity index (χ2v) is 4.29. The molecule has 0 aliphatic carbocycles. The van der Waals surface area contributed by atoms with Crippen LogP contribution in [0.3, 0.4) is 0 Å². The van der Waals surface area contributed by atoms with Gasteiger partial charge >= 0.3 is 0 Å². The zero-order valence-corrected chi connectivity index (χ0v) is 9.20. The van der Waals surface area contributed by atoms with Crippen LogP contribution in [0, 0.1) is 0 Å². The maximum absolute atomic E-state index is 10.5. The second-order valence-electron chi connectivity index (χ2n) is 4.29. The van der Waals surface area contributed by atoms with Gasteiger partial charge in [-0.2, -0.15) is 0 Å². The van der Waals surface area contributed by atoms with E-state index in [9.17, 15) is 9.59 Å². The fourth-order valence-electron chi connectivity index (χ4n) is 0.783. The van der Waals surface area contributed by atoms with Gasteiger partial charge in [-0.1, -0.05) is 0 Å². The smallest absolute Gasteiger partial charge is 0.293 e. The largest absolute Gasteiger partial charge is 0.462 e. The van der Waals surface area contributed by atoms with Gasteiger partial charge in [0.05, 0.1) is 6.61 Å². The number of aldehydes is 1. The summed E-state index contributed by atoms with van der Waals surface area (Å²) in [6.07, 6.45) is 1.31. The monoisotopic (exact) mass is 202 g/mol. The van der Waals surface area contributed by atoms with Crippen molar-refractivity contribution in [3.63, 3.8) is 0 Å². The molecule has 0 aromatic heterocycles. The molecule has 0 aromatic carbocycles. The molecule has 14 heavy (non-hydrogen) atoms.